The standard InChI is InChI=1S/C13H26N2S/c1-13(2)11-15(9-10-16-13)8-4-6-12-5-3-7-14-12/h12,14H,3-11H2,1-2H3. The van der Waals surface area contributed by atoms with Crippen LogP contribution in [-0.4, -0.2) is 47.6 Å². The van der Waals surface area contributed by atoms with E-state index in [4.69, 9.17) is 0 Å². The topological polar surface area (TPSA) is 15.3 Å². The highest BCUT2D eigenvalue weighted by Gasteiger charge is 2.26. The van der Waals surface area contributed by atoms with E-state index >= 15 is 0 Å². The summed E-state index contributed by atoms with van der Waals surface area (Å²) in [5.74, 6) is 1.31. The SMILES string of the molecule is CC1(C)CN(CCCC2CCCN2)CCS1. The van der Waals surface area contributed by atoms with Gasteiger partial charge in [0.25, 0.3) is 0 Å². The number of thioether (sulfide) groups is 1. The number of nitrogens with zero attached hydrogens (tertiary/aromatic N) is 1. The Kier molecular flexibility index (Phi) is 4.57. The van der Waals surface area contributed by atoms with E-state index in [-0.39, 0.29) is 0 Å². The molecule has 2 aliphatic rings. The van der Waals surface area contributed by atoms with Gasteiger partial charge in [-0.25, -0.2) is 0 Å². The van der Waals surface area contributed by atoms with Gasteiger partial charge in [-0.2, -0.15) is 11.8 Å². The molecule has 2 rings (SSSR count). The molecule has 2 heterocycles. The van der Waals surface area contributed by atoms with Crippen molar-refractivity contribution in [3.8, 4) is 0 Å². The van der Waals surface area contributed by atoms with Crippen LogP contribution in [0.15, 0.2) is 0 Å². The van der Waals surface area contributed by atoms with Crippen LogP contribution in [0.2, 0.25) is 0 Å². The first-order chi connectivity index (χ1) is 7.66. The molecule has 2 nitrogen and oxygen atoms in total. The number of hydrogen-bond donors (Lipinski definition) is 1. The molecule has 2 fully saturated rings. The third-order valence-corrected chi connectivity index (χ3v) is 4.99. The van der Waals surface area contributed by atoms with E-state index in [1.165, 1.54) is 57.6 Å². The number of nitrogens with one attached hydrogen (secondary N) is 1. The van der Waals surface area contributed by atoms with Gasteiger partial charge >= 0.3 is 0 Å². The monoisotopic (exact) mass is 242 g/mol. The lowest BCUT2D eigenvalue weighted by molar-refractivity contribution is 0.252. The summed E-state index contributed by atoms with van der Waals surface area (Å²) >= 11 is 2.13. The summed E-state index contributed by atoms with van der Waals surface area (Å²) in [6, 6.07) is 0.826. The third kappa shape index (κ3) is 3.94. The van der Waals surface area contributed by atoms with Crippen molar-refractivity contribution < 1.29 is 0 Å². The van der Waals surface area contributed by atoms with Gasteiger partial charge in [0, 0.05) is 29.6 Å². The Labute approximate surface area is 105 Å². The predicted molar refractivity (Wildman–Crippen MR) is 73.2 cm³/mol. The lowest BCUT2D eigenvalue weighted by atomic mass is 10.1. The third-order valence-electron chi connectivity index (χ3n) is 3.69. The molecule has 0 aromatic carbocycles. The van der Waals surface area contributed by atoms with Crippen LogP contribution in [0.5, 0.6) is 0 Å². The highest BCUT2D eigenvalue weighted by Crippen LogP contribution is 2.29. The van der Waals surface area contributed by atoms with Crippen molar-refractivity contribution in [2.75, 3.05) is 31.9 Å². The van der Waals surface area contributed by atoms with Crippen LogP contribution in [0, 0.1) is 0 Å². The summed E-state index contributed by atoms with van der Waals surface area (Å²) in [6.45, 7) is 9.88. The van der Waals surface area contributed by atoms with Gasteiger partial charge in [-0.05, 0) is 52.6 Å². The van der Waals surface area contributed by atoms with Crippen LogP contribution in [0.1, 0.15) is 39.5 Å². The van der Waals surface area contributed by atoms with Crippen molar-refractivity contribution in [3.63, 3.8) is 0 Å². The van der Waals surface area contributed by atoms with Gasteiger partial charge in [0.1, 0.15) is 0 Å². The molecule has 0 aromatic heterocycles. The van der Waals surface area contributed by atoms with Crippen LogP contribution in [0.3, 0.4) is 0 Å². The number of rotatable bonds is 4. The van der Waals surface area contributed by atoms with Gasteiger partial charge in [0.15, 0.2) is 0 Å². The van der Waals surface area contributed by atoms with E-state index < -0.39 is 0 Å². The van der Waals surface area contributed by atoms with E-state index in [0.717, 1.165) is 6.04 Å². The van der Waals surface area contributed by atoms with Crippen LogP contribution in [0.25, 0.3) is 0 Å². The Hall–Kier alpha value is 0.270. The lowest BCUT2D eigenvalue weighted by Crippen LogP contribution is -2.43. The maximum Gasteiger partial charge on any atom is 0.0231 e. The van der Waals surface area contributed by atoms with Crippen molar-refractivity contribution in [2.24, 2.45) is 0 Å². The summed E-state index contributed by atoms with van der Waals surface area (Å²) in [6.07, 6.45) is 5.54. The van der Waals surface area contributed by atoms with Crippen molar-refractivity contribution in [1.29, 1.82) is 0 Å². The molecule has 0 aromatic rings. The van der Waals surface area contributed by atoms with Gasteiger partial charge < -0.3 is 10.2 Å². The first-order valence-corrected chi connectivity index (χ1v) is 7.74. The second-order valence-corrected chi connectivity index (χ2v) is 7.62. The highest BCUT2D eigenvalue weighted by atomic mass is 32.2. The average molecular weight is 242 g/mol. The van der Waals surface area contributed by atoms with Crippen molar-refractivity contribution in [3.05, 3.63) is 0 Å². The molecule has 1 unspecified atom stereocenters. The number of hydrogen-bond acceptors (Lipinski definition) is 3. The minimum atomic E-state index is 0.476. The molecule has 1 N–H and O–H groups in total. The largest absolute Gasteiger partial charge is 0.314 e. The van der Waals surface area contributed by atoms with E-state index in [1.807, 2.05) is 0 Å². The second kappa shape index (κ2) is 5.74. The predicted octanol–water partition coefficient (Wildman–Crippen LogP) is 2.35. The quantitative estimate of drug-likeness (QED) is 0.815. The van der Waals surface area contributed by atoms with Crippen LogP contribution >= 0.6 is 11.8 Å². The van der Waals surface area contributed by atoms with Crippen LogP contribution < -0.4 is 5.32 Å². The maximum absolute atomic E-state index is 3.59. The van der Waals surface area contributed by atoms with Crippen molar-refractivity contribution >= 4 is 11.8 Å². The summed E-state index contributed by atoms with van der Waals surface area (Å²) in [7, 11) is 0. The molecule has 0 spiro atoms. The molecular formula is C13H26N2S. The summed E-state index contributed by atoms with van der Waals surface area (Å²) < 4.78 is 0.476. The molecule has 0 aliphatic carbocycles. The van der Waals surface area contributed by atoms with Gasteiger partial charge in [0.05, 0.1) is 0 Å². The highest BCUT2D eigenvalue weighted by molar-refractivity contribution is 8.00. The van der Waals surface area contributed by atoms with Gasteiger partial charge in [-0.3, -0.25) is 0 Å². The summed E-state index contributed by atoms with van der Waals surface area (Å²) in [4.78, 5) is 2.66. The fourth-order valence-corrected chi connectivity index (χ4v) is 4.05. The molecule has 0 amide bonds. The first-order valence-electron chi connectivity index (χ1n) is 6.75. The Balaban J connectivity index is 1.61. The molecule has 0 saturated carbocycles. The molecule has 2 aliphatic heterocycles. The first kappa shape index (κ1) is 12.7. The average Bonchev–Trinajstić information content (AvgIpc) is 2.69. The molecule has 1 atom stereocenters. The zero-order valence-electron chi connectivity index (χ0n) is 10.8. The zero-order valence-corrected chi connectivity index (χ0v) is 11.6. The van der Waals surface area contributed by atoms with Crippen molar-refractivity contribution in [2.45, 2.75) is 50.3 Å². The molecule has 0 radical (unpaired) electrons. The minimum absolute atomic E-state index is 0.476. The van der Waals surface area contributed by atoms with Gasteiger partial charge in [-0.15, -0.1) is 0 Å². The Morgan fingerprint density at radius 1 is 1.44 bits per heavy atom. The fourth-order valence-electron chi connectivity index (χ4n) is 2.87. The van der Waals surface area contributed by atoms with E-state index in [0.29, 0.717) is 4.75 Å². The van der Waals surface area contributed by atoms with Crippen LogP contribution in [-0.2, 0) is 0 Å². The summed E-state index contributed by atoms with van der Waals surface area (Å²) in [5.41, 5.74) is 0. The lowest BCUT2D eigenvalue weighted by Gasteiger charge is -2.37. The van der Waals surface area contributed by atoms with Crippen molar-refractivity contribution in [1.82, 2.24) is 10.2 Å². The Morgan fingerprint density at radius 2 is 2.31 bits per heavy atom. The molecule has 3 heteroatoms. The molecule has 0 bridgehead atoms. The van der Waals surface area contributed by atoms with E-state index in [1.54, 1.807) is 0 Å². The Morgan fingerprint density at radius 3 is 3.00 bits per heavy atom. The van der Waals surface area contributed by atoms with E-state index in [2.05, 4.69) is 35.8 Å². The fraction of sp³-hybridized carbons (Fsp3) is 1.00. The zero-order chi connectivity index (χ0) is 11.4. The normalized spacial score (nSPS) is 30.8. The maximum atomic E-state index is 3.59. The van der Waals surface area contributed by atoms with Gasteiger partial charge in [-0.1, -0.05) is 0 Å². The molecule has 16 heavy (non-hydrogen) atoms. The van der Waals surface area contributed by atoms with E-state index in [9.17, 15) is 0 Å². The summed E-state index contributed by atoms with van der Waals surface area (Å²) in [5, 5.41) is 3.59. The van der Waals surface area contributed by atoms with Gasteiger partial charge in [0.2, 0.25) is 0 Å². The Bertz CT molecular complexity index is 212. The molecular weight excluding hydrogens is 216 g/mol. The van der Waals surface area contributed by atoms with Crippen LogP contribution in [0.4, 0.5) is 0 Å². The molecule has 94 valence electrons. The smallest absolute Gasteiger partial charge is 0.0231 e. The minimum Gasteiger partial charge on any atom is -0.314 e. The second-order valence-electron chi connectivity index (χ2n) is 5.82. The molecule has 2 saturated heterocycles.